The lowest BCUT2D eigenvalue weighted by Crippen LogP contribution is -2.38. The number of hydrogen-bond donors (Lipinski definition) is 1. The zero-order valence-electron chi connectivity index (χ0n) is 23.9. The van der Waals surface area contributed by atoms with E-state index in [1.807, 2.05) is 28.1 Å². The van der Waals surface area contributed by atoms with Gasteiger partial charge in [0.2, 0.25) is 5.91 Å². The Bertz CT molecular complexity index is 559. The minimum atomic E-state index is -4.40. The summed E-state index contributed by atoms with van der Waals surface area (Å²) in [6.45, 7) is 5.09. The van der Waals surface area contributed by atoms with Gasteiger partial charge in [0.25, 0.3) is 7.82 Å². The van der Waals surface area contributed by atoms with Crippen molar-refractivity contribution >= 4 is 13.7 Å². The molecule has 0 fully saturated rings. The molecule has 0 saturated heterocycles. The van der Waals surface area contributed by atoms with Gasteiger partial charge in [0.1, 0.15) is 13.2 Å². The van der Waals surface area contributed by atoms with Crippen molar-refractivity contribution in [2.24, 2.45) is 0 Å². The van der Waals surface area contributed by atoms with Crippen molar-refractivity contribution in [2.45, 2.75) is 110 Å². The lowest BCUT2D eigenvalue weighted by atomic mass is 10.0. The summed E-state index contributed by atoms with van der Waals surface area (Å²) < 4.78 is 27.9. The number of phosphoric ester groups is 1. The van der Waals surface area contributed by atoms with Gasteiger partial charge in [-0.1, -0.05) is 84.0 Å². The minimum absolute atomic E-state index is 0. The molecule has 10 heteroatoms. The largest absolute Gasteiger partial charge is 0.756 e. The summed E-state index contributed by atoms with van der Waals surface area (Å²) in [5.41, 5.74) is 0. The molecule has 0 aliphatic carbocycles. The molecular formula is C26H57N2O7P. The van der Waals surface area contributed by atoms with Crippen LogP contribution in [-0.4, -0.2) is 76.0 Å². The number of hydrogen-bond acceptors (Lipinski definition) is 6. The van der Waals surface area contributed by atoms with E-state index < -0.39 is 13.9 Å². The third-order valence-corrected chi connectivity index (χ3v) is 6.83. The average molecular weight is 541 g/mol. The van der Waals surface area contributed by atoms with Crippen molar-refractivity contribution in [3.05, 3.63) is 0 Å². The molecule has 218 valence electrons. The number of quaternary nitrogens is 1. The molecule has 1 amide bonds. The number of phosphoric acid groups is 1. The van der Waals surface area contributed by atoms with Crippen LogP contribution in [0.25, 0.3) is 0 Å². The van der Waals surface area contributed by atoms with Crippen LogP contribution in [0, 0.1) is 0 Å². The number of amides is 1. The highest BCUT2D eigenvalue weighted by atomic mass is 31.2. The van der Waals surface area contributed by atoms with Crippen LogP contribution in [0.2, 0.25) is 0 Å². The Balaban J connectivity index is 0. The fraction of sp³-hybridized carbons (Fsp3) is 0.962. The van der Waals surface area contributed by atoms with Gasteiger partial charge in [0.05, 0.1) is 33.9 Å². The predicted octanol–water partition coefficient (Wildman–Crippen LogP) is 4.37. The molecule has 0 bridgehead atoms. The smallest absolute Gasteiger partial charge is 0.268 e. The molecule has 0 radical (unpaired) electrons. The van der Waals surface area contributed by atoms with E-state index in [0.717, 1.165) is 12.8 Å². The lowest BCUT2D eigenvalue weighted by molar-refractivity contribution is -0.870. The van der Waals surface area contributed by atoms with Crippen molar-refractivity contribution in [1.29, 1.82) is 0 Å². The highest BCUT2D eigenvalue weighted by Crippen LogP contribution is 2.38. The molecule has 0 rings (SSSR count). The number of nitrogens with one attached hydrogen (secondary N) is 1. The van der Waals surface area contributed by atoms with Crippen LogP contribution in [0.3, 0.4) is 0 Å². The van der Waals surface area contributed by atoms with E-state index >= 15 is 0 Å². The van der Waals surface area contributed by atoms with E-state index in [2.05, 4.69) is 12.2 Å². The third kappa shape index (κ3) is 26.5. The van der Waals surface area contributed by atoms with Gasteiger partial charge in [-0.2, -0.15) is 0 Å². The summed E-state index contributed by atoms with van der Waals surface area (Å²) in [6.07, 6.45) is 16.5. The second kappa shape index (κ2) is 23.6. The topological polar surface area (TPSA) is 128 Å². The SMILES string of the molecule is CCCCCCCCCCCCCCCC(=O)NCC(COP(=O)([O-])OCC[N+](C)(C)C)OCC.O. The first kappa shape index (κ1) is 37.6. The Morgan fingerprint density at radius 2 is 1.36 bits per heavy atom. The average Bonchev–Trinajstić information content (AvgIpc) is 2.77. The van der Waals surface area contributed by atoms with E-state index in [1.165, 1.54) is 70.6 Å². The fourth-order valence-corrected chi connectivity index (χ4v) is 4.39. The number of nitrogens with zero attached hydrogens (tertiary/aromatic N) is 1. The van der Waals surface area contributed by atoms with Gasteiger partial charge in [-0.25, -0.2) is 0 Å². The number of likely N-dealkylation sites (N-methyl/N-ethyl adjacent to an activating group) is 1. The highest BCUT2D eigenvalue weighted by Gasteiger charge is 2.17. The van der Waals surface area contributed by atoms with Crippen LogP contribution in [0.15, 0.2) is 0 Å². The number of carbonyl (C=O) groups is 1. The molecule has 0 aromatic heterocycles. The van der Waals surface area contributed by atoms with Crippen LogP contribution >= 0.6 is 7.82 Å². The molecule has 0 aromatic rings. The van der Waals surface area contributed by atoms with Crippen LogP contribution < -0.4 is 10.2 Å². The quantitative estimate of drug-likeness (QED) is 0.104. The molecule has 2 atom stereocenters. The van der Waals surface area contributed by atoms with Gasteiger partial charge >= 0.3 is 0 Å². The standard InChI is InChI=1S/C26H55N2O6P.H2O/c1-6-8-9-10-11-12-13-14-15-16-17-18-19-20-26(29)27-23-25(32-7-2)24-34-35(30,31)33-22-21-28(3,4)5;/h25H,6-24H2,1-5H3,(H-,27,29,30,31);1H2. The van der Waals surface area contributed by atoms with E-state index in [4.69, 9.17) is 13.8 Å². The third-order valence-electron chi connectivity index (χ3n) is 5.87. The number of ether oxygens (including phenoxy) is 1. The molecule has 0 aliphatic rings. The second-order valence-corrected chi connectivity index (χ2v) is 11.9. The summed E-state index contributed by atoms with van der Waals surface area (Å²) in [5, 5.41) is 2.83. The molecule has 0 aliphatic heterocycles. The summed E-state index contributed by atoms with van der Waals surface area (Å²) in [5.74, 6) is -0.0396. The molecule has 0 spiro atoms. The molecule has 3 N–H and O–H groups in total. The molecule has 36 heavy (non-hydrogen) atoms. The van der Waals surface area contributed by atoms with E-state index in [9.17, 15) is 14.3 Å². The maximum Gasteiger partial charge on any atom is 0.268 e. The first-order chi connectivity index (χ1) is 16.6. The van der Waals surface area contributed by atoms with Gasteiger partial charge in [-0.3, -0.25) is 9.36 Å². The van der Waals surface area contributed by atoms with Crippen molar-refractivity contribution in [1.82, 2.24) is 5.32 Å². The number of unbranched alkanes of at least 4 members (excludes halogenated alkanes) is 12. The Morgan fingerprint density at radius 1 is 0.861 bits per heavy atom. The highest BCUT2D eigenvalue weighted by molar-refractivity contribution is 7.45. The van der Waals surface area contributed by atoms with Gasteiger partial charge in [0.15, 0.2) is 0 Å². The van der Waals surface area contributed by atoms with E-state index in [1.54, 1.807) is 0 Å². The Morgan fingerprint density at radius 3 is 1.83 bits per heavy atom. The van der Waals surface area contributed by atoms with Gasteiger partial charge in [-0.15, -0.1) is 0 Å². The predicted molar refractivity (Wildman–Crippen MR) is 145 cm³/mol. The summed E-state index contributed by atoms with van der Waals surface area (Å²) >= 11 is 0. The van der Waals surface area contributed by atoms with Crippen molar-refractivity contribution in [3.63, 3.8) is 0 Å². The monoisotopic (exact) mass is 540 g/mol. The summed E-state index contributed by atoms with van der Waals surface area (Å²) in [7, 11) is 1.45. The van der Waals surface area contributed by atoms with Crippen LogP contribution in [-0.2, 0) is 23.1 Å². The molecular weight excluding hydrogens is 483 g/mol. The van der Waals surface area contributed by atoms with E-state index in [-0.39, 0.29) is 31.1 Å². The zero-order valence-corrected chi connectivity index (χ0v) is 24.8. The van der Waals surface area contributed by atoms with Crippen LogP contribution in [0.1, 0.15) is 104 Å². The normalized spacial score (nSPS) is 14.2. The molecule has 0 aromatic carbocycles. The van der Waals surface area contributed by atoms with E-state index in [0.29, 0.717) is 24.1 Å². The van der Waals surface area contributed by atoms with Gasteiger partial charge in [0, 0.05) is 19.6 Å². The fourth-order valence-electron chi connectivity index (χ4n) is 3.66. The van der Waals surface area contributed by atoms with Crippen LogP contribution in [0.4, 0.5) is 0 Å². The number of rotatable bonds is 25. The summed E-state index contributed by atoms with van der Waals surface area (Å²) in [4.78, 5) is 24.1. The second-order valence-electron chi connectivity index (χ2n) is 10.5. The Hall–Kier alpha value is -0.540. The molecule has 9 nitrogen and oxygen atoms in total. The summed E-state index contributed by atoms with van der Waals surface area (Å²) in [6, 6.07) is 0. The maximum absolute atomic E-state index is 12.1. The maximum atomic E-state index is 12.1. The van der Waals surface area contributed by atoms with Crippen molar-refractivity contribution in [2.75, 3.05) is 54.1 Å². The zero-order chi connectivity index (χ0) is 26.4. The van der Waals surface area contributed by atoms with Crippen molar-refractivity contribution < 1.29 is 38.0 Å². The first-order valence-corrected chi connectivity index (χ1v) is 15.3. The van der Waals surface area contributed by atoms with Gasteiger partial charge in [-0.05, 0) is 13.3 Å². The first-order valence-electron chi connectivity index (χ1n) is 13.9. The molecule has 2 unspecified atom stereocenters. The Kier molecular flexibility index (Phi) is 24.6. The lowest BCUT2D eigenvalue weighted by Gasteiger charge is -2.28. The van der Waals surface area contributed by atoms with Gasteiger partial charge < -0.3 is 34.0 Å². The minimum Gasteiger partial charge on any atom is -0.756 e. The Labute approximate surface area is 221 Å². The number of carbonyl (C=O) groups excluding carboxylic acids is 1. The van der Waals surface area contributed by atoms with Crippen molar-refractivity contribution in [3.8, 4) is 0 Å². The molecule has 0 heterocycles. The van der Waals surface area contributed by atoms with Crippen LogP contribution in [0.5, 0.6) is 0 Å². The molecule has 0 saturated carbocycles.